The molecular weight excluding hydrogens is 240 g/mol. The average molecular weight is 267 g/mol. The first-order valence-corrected chi connectivity index (χ1v) is 4.57. The van der Waals surface area contributed by atoms with Gasteiger partial charge in [-0.05, 0) is 40.6 Å². The number of pyridine rings is 1. The second kappa shape index (κ2) is 4.30. The minimum absolute atomic E-state index is 0.177. The molecule has 1 aliphatic rings. The van der Waals surface area contributed by atoms with Crippen molar-refractivity contribution in [2.45, 2.75) is 19.6 Å². The molecule has 0 aliphatic carbocycles. The standard InChI is InChI=1S/C11H15BrN2/c1-9-2-4-14(5-3-9)11-6-10(12)7-13-8-11/h6-9H,2-5H2,1H3/i1D3,2D2,3D2,4D2,5D2,9D. The molecule has 0 aromatic carbocycles. The van der Waals surface area contributed by atoms with E-state index in [1.165, 1.54) is 12.3 Å². The molecule has 0 amide bonds. The fourth-order valence-corrected chi connectivity index (χ4v) is 1.29. The number of halogens is 1. The summed E-state index contributed by atoms with van der Waals surface area (Å²) in [6.07, 6.45) is -4.94. The summed E-state index contributed by atoms with van der Waals surface area (Å²) in [7, 11) is 0. The van der Waals surface area contributed by atoms with E-state index in [1.807, 2.05) is 0 Å². The highest BCUT2D eigenvalue weighted by atomic mass is 79.9. The van der Waals surface area contributed by atoms with Gasteiger partial charge >= 0.3 is 0 Å². The average Bonchev–Trinajstić information content (AvgIpc) is 2.42. The lowest BCUT2D eigenvalue weighted by molar-refractivity contribution is 0.438. The van der Waals surface area contributed by atoms with Crippen molar-refractivity contribution in [2.24, 2.45) is 5.89 Å². The number of piperidine rings is 1. The zero-order valence-electron chi connectivity index (χ0n) is 19.0. The first kappa shape index (κ1) is 2.97. The summed E-state index contributed by atoms with van der Waals surface area (Å²) >= 11 is 3.07. The second-order valence-corrected chi connectivity index (χ2v) is 3.46. The topological polar surface area (TPSA) is 16.1 Å². The van der Waals surface area contributed by atoms with Crippen LogP contribution in [0.2, 0.25) is 0 Å². The Morgan fingerprint density at radius 3 is 3.07 bits per heavy atom. The van der Waals surface area contributed by atoms with E-state index >= 15 is 0 Å². The molecule has 14 heavy (non-hydrogen) atoms. The van der Waals surface area contributed by atoms with Crippen LogP contribution >= 0.6 is 15.9 Å². The molecule has 0 unspecified atom stereocenters. The predicted molar refractivity (Wildman–Crippen MR) is 62.5 cm³/mol. The quantitative estimate of drug-likeness (QED) is 0.777. The van der Waals surface area contributed by atoms with Crippen molar-refractivity contribution >= 4 is 21.6 Å². The van der Waals surface area contributed by atoms with E-state index in [-0.39, 0.29) is 10.6 Å². The molecule has 1 aromatic heterocycles. The number of hydrogen-bond acceptors (Lipinski definition) is 2. The molecule has 0 radical (unpaired) electrons. The van der Waals surface area contributed by atoms with Gasteiger partial charge in [0, 0.05) is 40.1 Å². The molecule has 0 bridgehead atoms. The van der Waals surface area contributed by atoms with Gasteiger partial charge in [0.15, 0.2) is 0 Å². The van der Waals surface area contributed by atoms with Gasteiger partial charge in [-0.3, -0.25) is 4.98 Å². The van der Waals surface area contributed by atoms with Gasteiger partial charge in [-0.2, -0.15) is 0 Å². The molecule has 0 saturated carbocycles. The Hall–Kier alpha value is -0.570. The lowest BCUT2D eigenvalue weighted by atomic mass is 9.99. The normalized spacial score (nSPS) is 48.8. The van der Waals surface area contributed by atoms with Crippen LogP contribution in [0.5, 0.6) is 0 Å². The monoisotopic (exact) mass is 266 g/mol. The third kappa shape index (κ3) is 2.27. The van der Waals surface area contributed by atoms with Crippen LogP contribution in [-0.4, -0.2) is 18.0 Å². The lowest BCUT2D eigenvalue weighted by Crippen LogP contribution is -2.32. The minimum Gasteiger partial charge on any atom is -0.370 e. The number of hydrogen-bond donors (Lipinski definition) is 0. The highest BCUT2D eigenvalue weighted by Crippen LogP contribution is 2.24. The van der Waals surface area contributed by atoms with E-state index in [4.69, 9.17) is 16.4 Å². The Kier molecular flexibility index (Phi) is 0.913. The molecule has 1 aliphatic heterocycles. The Balaban J connectivity index is 2.89. The highest BCUT2D eigenvalue weighted by molar-refractivity contribution is 9.10. The molecular formula is C11H15BrN2. The maximum absolute atomic E-state index is 8.16. The summed E-state index contributed by atoms with van der Waals surface area (Å²) in [4.78, 5) is 3.92. The first-order chi connectivity index (χ1) is 11.4. The maximum atomic E-state index is 8.16. The molecule has 2 rings (SSSR count). The van der Waals surface area contributed by atoms with Crippen LogP contribution in [-0.2, 0) is 0 Å². The van der Waals surface area contributed by atoms with Crippen LogP contribution in [0.1, 0.15) is 36.0 Å². The lowest BCUT2D eigenvalue weighted by Gasteiger charge is -2.31. The number of anilines is 1. The third-order valence-electron chi connectivity index (χ3n) is 1.53. The molecule has 0 N–H and O–H groups in total. The van der Waals surface area contributed by atoms with Crippen LogP contribution in [0.15, 0.2) is 22.9 Å². The van der Waals surface area contributed by atoms with E-state index in [9.17, 15) is 0 Å². The van der Waals surface area contributed by atoms with Gasteiger partial charge in [0.1, 0.15) is 0 Å². The van der Waals surface area contributed by atoms with Gasteiger partial charge in [-0.1, -0.05) is 6.85 Å². The van der Waals surface area contributed by atoms with Crippen molar-refractivity contribution in [3.63, 3.8) is 0 Å². The Morgan fingerprint density at radius 2 is 2.43 bits per heavy atom. The van der Waals surface area contributed by atoms with Crippen molar-refractivity contribution in [3.05, 3.63) is 22.9 Å². The van der Waals surface area contributed by atoms with Crippen LogP contribution in [0.3, 0.4) is 0 Å². The summed E-state index contributed by atoms with van der Waals surface area (Å²) in [6.45, 7) is -10.4. The van der Waals surface area contributed by atoms with Crippen LogP contribution < -0.4 is 4.90 Å². The number of aromatic nitrogens is 1. The van der Waals surface area contributed by atoms with Gasteiger partial charge in [0.2, 0.25) is 0 Å². The van der Waals surface area contributed by atoms with E-state index in [2.05, 4.69) is 20.9 Å². The number of nitrogens with zero attached hydrogens (tertiary/aromatic N) is 2. The summed E-state index contributed by atoms with van der Waals surface area (Å²) in [5.41, 5.74) is -0.310. The zero-order valence-corrected chi connectivity index (χ0v) is 8.59. The Bertz CT molecular complexity index is 687. The first-order valence-electron chi connectivity index (χ1n) is 9.78. The van der Waals surface area contributed by atoms with Crippen molar-refractivity contribution < 1.29 is 16.4 Å². The van der Waals surface area contributed by atoms with Gasteiger partial charge in [0.05, 0.1) is 11.9 Å². The maximum Gasteiger partial charge on any atom is 0.0564 e. The summed E-state index contributed by atoms with van der Waals surface area (Å²) in [6, 6.07) is 1.20. The van der Waals surface area contributed by atoms with Gasteiger partial charge < -0.3 is 4.90 Å². The molecule has 0 spiro atoms. The van der Waals surface area contributed by atoms with Crippen LogP contribution in [0, 0.1) is 5.89 Å². The predicted octanol–water partition coefficient (Wildman–Crippen LogP) is 3.08. The van der Waals surface area contributed by atoms with Crippen LogP contribution in [0.25, 0.3) is 0 Å². The summed E-state index contributed by atoms with van der Waals surface area (Å²) < 4.78 is 95.8. The van der Waals surface area contributed by atoms with E-state index in [0.29, 0.717) is 4.47 Å². The van der Waals surface area contributed by atoms with Crippen molar-refractivity contribution in [2.75, 3.05) is 17.9 Å². The molecule has 0 atom stereocenters. The van der Waals surface area contributed by atoms with E-state index in [0.717, 1.165) is 6.20 Å². The van der Waals surface area contributed by atoms with Crippen molar-refractivity contribution in [1.29, 1.82) is 0 Å². The Labute approximate surface area is 110 Å². The minimum atomic E-state index is -3.73. The van der Waals surface area contributed by atoms with E-state index in [1.54, 1.807) is 0 Å². The molecule has 76 valence electrons. The highest BCUT2D eigenvalue weighted by Gasteiger charge is 2.15. The fourth-order valence-electron chi connectivity index (χ4n) is 0.935. The van der Waals surface area contributed by atoms with Gasteiger partial charge in [-0.15, -0.1) is 0 Å². The molecule has 2 nitrogen and oxygen atoms in total. The SMILES string of the molecule is [2H]C([2H])([2H])C1([2H])C([2H])([2H])C([2H])([2H])N(c2cncc(Br)c2)C([2H])([2H])C1([2H])[2H]. The van der Waals surface area contributed by atoms with Crippen molar-refractivity contribution in [3.8, 4) is 0 Å². The fraction of sp³-hybridized carbons (Fsp3) is 0.545. The van der Waals surface area contributed by atoms with E-state index < -0.39 is 38.5 Å². The third-order valence-corrected chi connectivity index (χ3v) is 1.97. The number of rotatable bonds is 1. The molecule has 2 heterocycles. The largest absolute Gasteiger partial charge is 0.370 e. The zero-order chi connectivity index (χ0) is 20.6. The molecule has 1 saturated heterocycles. The molecule has 1 fully saturated rings. The van der Waals surface area contributed by atoms with Crippen molar-refractivity contribution in [1.82, 2.24) is 4.98 Å². The molecule has 1 aromatic rings. The molecule has 3 heteroatoms. The van der Waals surface area contributed by atoms with Gasteiger partial charge in [0.25, 0.3) is 0 Å². The smallest absolute Gasteiger partial charge is 0.0564 e. The summed E-state index contributed by atoms with van der Waals surface area (Å²) in [5.74, 6) is -3.73. The van der Waals surface area contributed by atoms with Gasteiger partial charge in [-0.25, -0.2) is 0 Å². The summed E-state index contributed by atoms with van der Waals surface area (Å²) in [5, 5.41) is 0. The van der Waals surface area contributed by atoms with Crippen LogP contribution in [0.4, 0.5) is 5.69 Å². The second-order valence-electron chi connectivity index (χ2n) is 2.55. The Morgan fingerprint density at radius 1 is 1.64 bits per heavy atom.